The van der Waals surface area contributed by atoms with Gasteiger partial charge in [-0.15, -0.1) is 10.2 Å². The van der Waals surface area contributed by atoms with Gasteiger partial charge in [0.25, 0.3) is 6.01 Å². The minimum atomic E-state index is 0.632. The summed E-state index contributed by atoms with van der Waals surface area (Å²) in [5.41, 5.74) is 1.52. The van der Waals surface area contributed by atoms with Crippen molar-refractivity contribution in [3.8, 4) is 5.82 Å². The van der Waals surface area contributed by atoms with Crippen molar-refractivity contribution in [1.82, 2.24) is 25.0 Å². The summed E-state index contributed by atoms with van der Waals surface area (Å²) in [7, 11) is 0. The predicted molar refractivity (Wildman–Crippen MR) is 103 cm³/mol. The first-order chi connectivity index (χ1) is 13.3. The van der Waals surface area contributed by atoms with E-state index >= 15 is 0 Å². The highest BCUT2D eigenvalue weighted by Crippen LogP contribution is 2.26. The van der Waals surface area contributed by atoms with Crippen molar-refractivity contribution >= 4 is 34.5 Å². The molecule has 0 N–H and O–H groups in total. The molecule has 0 aliphatic carbocycles. The standard InChI is InChI=1S/C18H16ClN7O/c19-13-2-3-14-15(12-13)27-18(21-14)25-10-8-24(9-11-25)16-4-5-17(23-22-16)26-7-1-6-20-26/h1-7,12H,8-11H2. The van der Waals surface area contributed by atoms with E-state index < -0.39 is 0 Å². The number of aromatic nitrogens is 5. The van der Waals surface area contributed by atoms with Gasteiger partial charge in [-0.05, 0) is 30.3 Å². The molecule has 3 aromatic heterocycles. The maximum Gasteiger partial charge on any atom is 0.298 e. The number of rotatable bonds is 3. The molecular formula is C18H16ClN7O. The maximum atomic E-state index is 6.02. The predicted octanol–water partition coefficient (Wildman–Crippen LogP) is 2.78. The van der Waals surface area contributed by atoms with Crippen molar-refractivity contribution in [2.24, 2.45) is 0 Å². The lowest BCUT2D eigenvalue weighted by Crippen LogP contribution is -2.47. The zero-order valence-electron chi connectivity index (χ0n) is 14.4. The summed E-state index contributed by atoms with van der Waals surface area (Å²) in [6.07, 6.45) is 3.56. The van der Waals surface area contributed by atoms with E-state index in [9.17, 15) is 0 Å². The van der Waals surface area contributed by atoms with Crippen LogP contribution in [0.5, 0.6) is 0 Å². The Morgan fingerprint density at radius 1 is 0.926 bits per heavy atom. The van der Waals surface area contributed by atoms with Crippen molar-refractivity contribution in [3.63, 3.8) is 0 Å². The smallest absolute Gasteiger partial charge is 0.298 e. The molecule has 1 aromatic carbocycles. The fourth-order valence-electron chi connectivity index (χ4n) is 3.16. The van der Waals surface area contributed by atoms with E-state index in [4.69, 9.17) is 16.0 Å². The lowest BCUT2D eigenvalue weighted by atomic mass is 10.3. The second kappa shape index (κ2) is 6.55. The van der Waals surface area contributed by atoms with Crippen LogP contribution in [0.3, 0.4) is 0 Å². The Morgan fingerprint density at radius 2 is 1.70 bits per heavy atom. The number of hydrogen-bond donors (Lipinski definition) is 0. The molecule has 5 rings (SSSR count). The maximum absolute atomic E-state index is 6.02. The summed E-state index contributed by atoms with van der Waals surface area (Å²) >= 11 is 6.02. The summed E-state index contributed by atoms with van der Waals surface area (Å²) in [5.74, 6) is 1.56. The highest BCUT2D eigenvalue weighted by molar-refractivity contribution is 6.31. The molecule has 0 saturated carbocycles. The van der Waals surface area contributed by atoms with Gasteiger partial charge in [-0.3, -0.25) is 0 Å². The van der Waals surface area contributed by atoms with Crippen LogP contribution in [0, 0.1) is 0 Å². The number of benzene rings is 1. The summed E-state index contributed by atoms with van der Waals surface area (Å²) in [6, 6.07) is 11.9. The Bertz CT molecular complexity index is 1050. The van der Waals surface area contributed by atoms with Crippen LogP contribution in [0.4, 0.5) is 11.8 Å². The number of fused-ring (bicyclic) bond motifs is 1. The molecule has 136 valence electrons. The molecule has 0 unspecified atom stereocenters. The van der Waals surface area contributed by atoms with Crippen LogP contribution in [-0.4, -0.2) is 51.1 Å². The van der Waals surface area contributed by atoms with E-state index in [1.165, 1.54) is 0 Å². The monoisotopic (exact) mass is 381 g/mol. The van der Waals surface area contributed by atoms with Gasteiger partial charge >= 0.3 is 0 Å². The molecule has 1 saturated heterocycles. The first-order valence-corrected chi connectivity index (χ1v) is 9.04. The Labute approximate surface area is 160 Å². The molecule has 0 spiro atoms. The van der Waals surface area contributed by atoms with Gasteiger partial charge in [0.05, 0.1) is 0 Å². The highest BCUT2D eigenvalue weighted by Gasteiger charge is 2.22. The lowest BCUT2D eigenvalue weighted by Gasteiger charge is -2.34. The topological polar surface area (TPSA) is 76.1 Å². The van der Waals surface area contributed by atoms with Gasteiger partial charge in [-0.2, -0.15) is 10.1 Å². The van der Waals surface area contributed by atoms with Crippen LogP contribution in [0.15, 0.2) is 53.2 Å². The molecule has 8 nitrogen and oxygen atoms in total. The fourth-order valence-corrected chi connectivity index (χ4v) is 3.32. The summed E-state index contributed by atoms with van der Waals surface area (Å²) in [6.45, 7) is 3.22. The van der Waals surface area contributed by atoms with Crippen LogP contribution in [0.25, 0.3) is 16.9 Å². The molecular weight excluding hydrogens is 366 g/mol. The molecule has 1 fully saturated rings. The lowest BCUT2D eigenvalue weighted by molar-refractivity contribution is 0.540. The molecule has 0 amide bonds. The molecule has 1 aliphatic rings. The highest BCUT2D eigenvalue weighted by atomic mass is 35.5. The normalized spacial score (nSPS) is 14.9. The molecule has 1 aliphatic heterocycles. The van der Waals surface area contributed by atoms with Gasteiger partial charge in [0.1, 0.15) is 5.52 Å². The van der Waals surface area contributed by atoms with E-state index in [0.29, 0.717) is 22.4 Å². The van der Waals surface area contributed by atoms with Crippen molar-refractivity contribution < 1.29 is 4.42 Å². The number of oxazole rings is 1. The van der Waals surface area contributed by atoms with Gasteiger partial charge in [0.15, 0.2) is 17.2 Å². The van der Waals surface area contributed by atoms with E-state index in [1.54, 1.807) is 16.9 Å². The average molecular weight is 382 g/mol. The van der Waals surface area contributed by atoms with Crippen LogP contribution < -0.4 is 9.80 Å². The van der Waals surface area contributed by atoms with Gasteiger partial charge in [0.2, 0.25) is 0 Å². The third-order valence-electron chi connectivity index (χ3n) is 4.59. The van der Waals surface area contributed by atoms with Crippen LogP contribution in [0.2, 0.25) is 5.02 Å². The van der Waals surface area contributed by atoms with E-state index in [1.807, 2.05) is 36.5 Å². The number of hydrogen-bond acceptors (Lipinski definition) is 7. The summed E-state index contributed by atoms with van der Waals surface area (Å²) in [4.78, 5) is 8.90. The van der Waals surface area contributed by atoms with Gasteiger partial charge in [0, 0.05) is 49.7 Å². The third kappa shape index (κ3) is 3.08. The third-order valence-corrected chi connectivity index (χ3v) is 4.82. The first kappa shape index (κ1) is 16.1. The van der Waals surface area contributed by atoms with Crippen molar-refractivity contribution in [2.45, 2.75) is 0 Å². The molecule has 4 heterocycles. The number of halogens is 1. The van der Waals surface area contributed by atoms with E-state index in [2.05, 4.69) is 30.1 Å². The quantitative estimate of drug-likeness (QED) is 0.540. The minimum Gasteiger partial charge on any atom is -0.423 e. The molecule has 0 radical (unpaired) electrons. The second-order valence-electron chi connectivity index (χ2n) is 6.28. The molecule has 0 bridgehead atoms. The second-order valence-corrected chi connectivity index (χ2v) is 6.72. The zero-order valence-corrected chi connectivity index (χ0v) is 15.1. The van der Waals surface area contributed by atoms with E-state index in [0.717, 1.165) is 37.5 Å². The average Bonchev–Trinajstić information content (AvgIpc) is 3.38. The van der Waals surface area contributed by atoms with Crippen molar-refractivity contribution in [1.29, 1.82) is 0 Å². The van der Waals surface area contributed by atoms with Crippen molar-refractivity contribution in [3.05, 3.63) is 53.8 Å². The van der Waals surface area contributed by atoms with Gasteiger partial charge < -0.3 is 14.2 Å². The van der Waals surface area contributed by atoms with Gasteiger partial charge in [-0.25, -0.2) is 4.68 Å². The number of anilines is 2. The Kier molecular flexibility index (Phi) is 3.90. The minimum absolute atomic E-state index is 0.632. The molecule has 27 heavy (non-hydrogen) atoms. The van der Waals surface area contributed by atoms with Gasteiger partial charge in [-0.1, -0.05) is 11.6 Å². The Balaban J connectivity index is 1.28. The first-order valence-electron chi connectivity index (χ1n) is 8.66. The SMILES string of the molecule is Clc1ccc2nc(N3CCN(c4ccc(-n5cccn5)nn4)CC3)oc2c1. The summed E-state index contributed by atoms with van der Waals surface area (Å²) in [5, 5.41) is 13.4. The van der Waals surface area contributed by atoms with Crippen LogP contribution >= 0.6 is 11.6 Å². The number of piperazine rings is 1. The molecule has 9 heteroatoms. The summed E-state index contributed by atoms with van der Waals surface area (Å²) < 4.78 is 7.55. The van der Waals surface area contributed by atoms with E-state index in [-0.39, 0.29) is 0 Å². The Hall–Kier alpha value is -3.13. The van der Waals surface area contributed by atoms with Crippen LogP contribution in [0.1, 0.15) is 0 Å². The fraction of sp³-hybridized carbons (Fsp3) is 0.222. The zero-order chi connectivity index (χ0) is 18.2. The Morgan fingerprint density at radius 3 is 2.44 bits per heavy atom. The largest absolute Gasteiger partial charge is 0.423 e. The number of nitrogens with zero attached hydrogens (tertiary/aromatic N) is 7. The van der Waals surface area contributed by atoms with Crippen molar-refractivity contribution in [2.75, 3.05) is 36.0 Å². The molecule has 0 atom stereocenters. The molecule has 4 aromatic rings. The van der Waals surface area contributed by atoms with Crippen LogP contribution in [-0.2, 0) is 0 Å².